The van der Waals surface area contributed by atoms with Gasteiger partial charge in [-0.25, -0.2) is 0 Å². The number of methoxy groups -OCH3 is 2. The highest BCUT2D eigenvalue weighted by atomic mass is 79.9. The molecule has 0 aromatic heterocycles. The molecule has 0 bridgehead atoms. The Balaban J connectivity index is 1.99. The van der Waals surface area contributed by atoms with Crippen LogP contribution in [0.1, 0.15) is 5.56 Å². The summed E-state index contributed by atoms with van der Waals surface area (Å²) in [7, 11) is -0.939. The summed E-state index contributed by atoms with van der Waals surface area (Å²) in [4.78, 5) is 14.6. The van der Waals surface area contributed by atoms with Gasteiger partial charge < -0.3 is 9.47 Å². The van der Waals surface area contributed by atoms with Crippen LogP contribution in [0.25, 0.3) is 6.08 Å². The highest BCUT2D eigenvalue weighted by Gasteiger charge is 2.34. The lowest BCUT2D eigenvalue weighted by atomic mass is 10.2. The van der Waals surface area contributed by atoms with Crippen molar-refractivity contribution in [3.8, 4) is 11.5 Å². The maximum absolute atomic E-state index is 12.9. The molecule has 7 nitrogen and oxygen atoms in total. The van der Waals surface area contributed by atoms with Gasteiger partial charge in [0.1, 0.15) is 0 Å². The Hall–Kier alpha value is -2.56. The number of amidine groups is 1. The fourth-order valence-electron chi connectivity index (χ4n) is 2.72. The van der Waals surface area contributed by atoms with Crippen molar-refractivity contribution in [3.05, 3.63) is 70.1 Å². The Morgan fingerprint density at radius 2 is 1.81 bits per heavy atom. The van der Waals surface area contributed by atoms with E-state index in [0.717, 1.165) is 16.2 Å². The number of carbonyl (C=O) groups is 1. The topological polar surface area (TPSA) is 85.3 Å². The molecule has 2 aromatic carbocycles. The number of hydrogen-bond acceptors (Lipinski definition) is 6. The lowest BCUT2D eigenvalue weighted by molar-refractivity contribution is -0.121. The minimum absolute atomic E-state index is 0.0344. The predicted octanol–water partition coefficient (Wildman–Crippen LogP) is 4.31. The molecule has 1 aliphatic rings. The van der Waals surface area contributed by atoms with E-state index in [1.54, 1.807) is 36.4 Å². The maximum Gasteiger partial charge on any atom is 0.284 e. The standard InChI is InChI=1S/C21H19BrN2O5S2/c1-4-11-24-20(25)19(13-14-5-10-17(28-2)18(12-14)29-3)30-21(24)23-31(26,27)16-8-6-15(22)7-9-16/h4-10,12-13H,1,11H2,2-3H3/b19-13-,23-21+. The fraction of sp³-hybridized carbons (Fsp3) is 0.143. The van der Waals surface area contributed by atoms with Crippen LogP contribution >= 0.6 is 27.7 Å². The van der Waals surface area contributed by atoms with Crippen LogP contribution in [0.2, 0.25) is 0 Å². The summed E-state index contributed by atoms with van der Waals surface area (Å²) in [5, 5.41) is 0.0690. The van der Waals surface area contributed by atoms with E-state index in [0.29, 0.717) is 22.0 Å². The fourth-order valence-corrected chi connectivity index (χ4v) is 5.18. The molecule has 0 radical (unpaired) electrons. The molecule has 1 saturated heterocycles. The van der Waals surface area contributed by atoms with Gasteiger partial charge >= 0.3 is 0 Å². The monoisotopic (exact) mass is 522 g/mol. The van der Waals surface area contributed by atoms with Crippen molar-refractivity contribution in [2.24, 2.45) is 4.40 Å². The molecule has 1 fully saturated rings. The van der Waals surface area contributed by atoms with Crippen LogP contribution in [0.3, 0.4) is 0 Å². The van der Waals surface area contributed by atoms with Crippen LogP contribution in [0.4, 0.5) is 0 Å². The first-order chi connectivity index (χ1) is 14.8. The summed E-state index contributed by atoms with van der Waals surface area (Å²) in [6.07, 6.45) is 3.17. The lowest BCUT2D eigenvalue weighted by Crippen LogP contribution is -2.29. The Morgan fingerprint density at radius 3 is 2.42 bits per heavy atom. The molecule has 0 aliphatic carbocycles. The third kappa shape index (κ3) is 5.20. The van der Waals surface area contributed by atoms with E-state index in [-0.39, 0.29) is 22.5 Å². The molecular formula is C21H19BrN2O5S2. The number of rotatable bonds is 7. The number of halogens is 1. The van der Waals surface area contributed by atoms with E-state index >= 15 is 0 Å². The smallest absolute Gasteiger partial charge is 0.284 e. The molecule has 162 valence electrons. The quantitative estimate of drug-likeness (QED) is 0.397. The average Bonchev–Trinajstić information content (AvgIpc) is 3.02. The van der Waals surface area contributed by atoms with Gasteiger partial charge in [0.2, 0.25) is 0 Å². The first kappa shape index (κ1) is 23.1. The van der Waals surface area contributed by atoms with Crippen molar-refractivity contribution >= 4 is 54.9 Å². The van der Waals surface area contributed by atoms with Gasteiger partial charge in [0.15, 0.2) is 16.7 Å². The molecular weight excluding hydrogens is 504 g/mol. The third-order valence-electron chi connectivity index (χ3n) is 4.21. The van der Waals surface area contributed by atoms with Gasteiger partial charge in [-0.3, -0.25) is 9.69 Å². The number of sulfonamides is 1. The van der Waals surface area contributed by atoms with Gasteiger partial charge in [0.25, 0.3) is 15.9 Å². The number of carbonyl (C=O) groups excluding carboxylic acids is 1. The summed E-state index contributed by atoms with van der Waals surface area (Å²) in [6, 6.07) is 11.4. The molecule has 31 heavy (non-hydrogen) atoms. The molecule has 10 heteroatoms. The zero-order chi connectivity index (χ0) is 22.6. The van der Waals surface area contributed by atoms with Gasteiger partial charge in [-0.2, -0.15) is 8.42 Å². The Labute approximate surface area is 193 Å². The molecule has 0 atom stereocenters. The molecule has 1 aliphatic heterocycles. The molecule has 0 saturated carbocycles. The highest BCUT2D eigenvalue weighted by molar-refractivity contribution is 9.10. The van der Waals surface area contributed by atoms with Gasteiger partial charge in [-0.05, 0) is 59.8 Å². The number of nitrogens with zero attached hydrogens (tertiary/aromatic N) is 2. The second kappa shape index (κ2) is 9.71. The zero-order valence-electron chi connectivity index (χ0n) is 16.7. The SMILES string of the molecule is C=CCN1C(=O)/C(=C/c2ccc(OC)c(OC)c2)S/C1=N/S(=O)(=O)c1ccc(Br)cc1. The van der Waals surface area contributed by atoms with Crippen molar-refractivity contribution in [3.63, 3.8) is 0 Å². The van der Waals surface area contributed by atoms with E-state index < -0.39 is 10.0 Å². The van der Waals surface area contributed by atoms with E-state index in [9.17, 15) is 13.2 Å². The van der Waals surface area contributed by atoms with Crippen molar-refractivity contribution in [1.29, 1.82) is 0 Å². The molecule has 1 amide bonds. The second-order valence-corrected chi connectivity index (χ2v) is 9.76. The number of benzene rings is 2. The van der Waals surface area contributed by atoms with Crippen LogP contribution in [-0.2, 0) is 14.8 Å². The Bertz CT molecular complexity index is 1170. The molecule has 0 N–H and O–H groups in total. The number of ether oxygens (including phenoxy) is 2. The largest absolute Gasteiger partial charge is 0.493 e. The summed E-state index contributed by atoms with van der Waals surface area (Å²) >= 11 is 4.26. The second-order valence-electron chi connectivity index (χ2n) is 6.23. The number of thioether (sulfide) groups is 1. The average molecular weight is 523 g/mol. The van der Waals surface area contributed by atoms with Crippen LogP contribution in [0, 0.1) is 0 Å². The minimum atomic E-state index is -4.00. The van der Waals surface area contributed by atoms with Crippen molar-refractivity contribution in [2.75, 3.05) is 20.8 Å². The van der Waals surface area contributed by atoms with Crippen LogP contribution in [0.15, 0.2) is 73.8 Å². The van der Waals surface area contributed by atoms with Gasteiger partial charge in [0.05, 0.1) is 24.0 Å². The van der Waals surface area contributed by atoms with E-state index in [1.165, 1.54) is 37.3 Å². The van der Waals surface area contributed by atoms with E-state index in [2.05, 4.69) is 26.9 Å². The first-order valence-electron chi connectivity index (χ1n) is 8.94. The van der Waals surface area contributed by atoms with Crippen LogP contribution < -0.4 is 9.47 Å². The normalized spacial score (nSPS) is 16.7. The van der Waals surface area contributed by atoms with Crippen molar-refractivity contribution < 1.29 is 22.7 Å². The molecule has 3 rings (SSSR count). The van der Waals surface area contributed by atoms with Gasteiger partial charge in [0, 0.05) is 11.0 Å². The molecule has 2 aromatic rings. The van der Waals surface area contributed by atoms with Gasteiger partial charge in [-0.1, -0.05) is 28.1 Å². The first-order valence-corrected chi connectivity index (χ1v) is 12.0. The lowest BCUT2D eigenvalue weighted by Gasteiger charge is -2.12. The summed E-state index contributed by atoms with van der Waals surface area (Å²) in [5.41, 5.74) is 0.698. The number of amides is 1. The van der Waals surface area contributed by atoms with Gasteiger partial charge in [-0.15, -0.1) is 11.0 Å². The maximum atomic E-state index is 12.9. The van der Waals surface area contributed by atoms with Crippen LogP contribution in [-0.4, -0.2) is 45.2 Å². The zero-order valence-corrected chi connectivity index (χ0v) is 20.0. The Kier molecular flexibility index (Phi) is 7.24. The van der Waals surface area contributed by atoms with E-state index in [1.807, 2.05) is 0 Å². The molecule has 1 heterocycles. The number of hydrogen-bond donors (Lipinski definition) is 0. The summed E-state index contributed by atoms with van der Waals surface area (Å²) in [6.45, 7) is 3.77. The van der Waals surface area contributed by atoms with Crippen molar-refractivity contribution in [1.82, 2.24) is 4.90 Å². The van der Waals surface area contributed by atoms with Crippen molar-refractivity contribution in [2.45, 2.75) is 4.90 Å². The molecule has 0 spiro atoms. The summed E-state index contributed by atoms with van der Waals surface area (Å²) in [5.74, 6) is 0.720. The Morgan fingerprint density at radius 1 is 1.13 bits per heavy atom. The highest BCUT2D eigenvalue weighted by Crippen LogP contribution is 2.35. The summed E-state index contributed by atoms with van der Waals surface area (Å²) < 4.78 is 40.7. The molecule has 0 unspecified atom stereocenters. The minimum Gasteiger partial charge on any atom is -0.493 e. The van der Waals surface area contributed by atoms with E-state index in [4.69, 9.17) is 9.47 Å². The third-order valence-corrected chi connectivity index (χ3v) is 7.15. The van der Waals surface area contributed by atoms with Crippen LogP contribution in [0.5, 0.6) is 11.5 Å². The predicted molar refractivity (Wildman–Crippen MR) is 126 cm³/mol.